The zero-order valence-corrected chi connectivity index (χ0v) is 12.6. The predicted octanol–water partition coefficient (Wildman–Crippen LogP) is 4.39. The number of hydrogen-bond donors (Lipinski definition) is 1. The molecule has 0 aliphatic heterocycles. The van der Waals surface area contributed by atoms with Crippen molar-refractivity contribution in [2.75, 3.05) is 10.6 Å². The lowest BCUT2D eigenvalue weighted by molar-refractivity contribution is 0.103. The van der Waals surface area contributed by atoms with E-state index in [0.29, 0.717) is 10.9 Å². The van der Waals surface area contributed by atoms with Gasteiger partial charge in [-0.25, -0.2) is 4.39 Å². The van der Waals surface area contributed by atoms with Crippen LogP contribution in [-0.2, 0) is 0 Å². The van der Waals surface area contributed by atoms with E-state index in [2.05, 4.69) is 5.43 Å². The number of rotatable bonds is 5. The number of nitrogens with zero attached hydrogens (tertiary/aromatic N) is 1. The van der Waals surface area contributed by atoms with Gasteiger partial charge in [-0.2, -0.15) is 0 Å². The first-order valence-corrected chi connectivity index (χ1v) is 7.34. The number of hydrogen-bond acceptors (Lipinski definition) is 4. The van der Waals surface area contributed by atoms with Gasteiger partial charge in [-0.15, -0.1) is 0 Å². The first kappa shape index (κ1) is 15.7. The van der Waals surface area contributed by atoms with Crippen LogP contribution in [-0.4, -0.2) is 5.78 Å². The minimum absolute atomic E-state index is 0.0712. The summed E-state index contributed by atoms with van der Waals surface area (Å²) < 4.78 is 13.9. The molecule has 3 aromatic rings. The summed E-state index contributed by atoms with van der Waals surface area (Å²) in [7, 11) is 0. The predicted molar refractivity (Wildman–Crippen MR) is 92.2 cm³/mol. The fourth-order valence-corrected chi connectivity index (χ4v) is 2.32. The Morgan fingerprint density at radius 1 is 0.833 bits per heavy atom. The van der Waals surface area contributed by atoms with Crippen LogP contribution in [0.1, 0.15) is 15.9 Å². The number of para-hydroxylation sites is 2. The molecule has 0 spiro atoms. The molecule has 1 N–H and O–H groups in total. The third kappa shape index (κ3) is 3.26. The highest BCUT2D eigenvalue weighted by atomic mass is 19.1. The summed E-state index contributed by atoms with van der Waals surface area (Å²) in [6.45, 7) is 0. The van der Waals surface area contributed by atoms with E-state index in [0.717, 1.165) is 0 Å². The van der Waals surface area contributed by atoms with E-state index in [9.17, 15) is 14.4 Å². The van der Waals surface area contributed by atoms with Crippen molar-refractivity contribution >= 4 is 17.2 Å². The molecular formula is C19H14FN2O2-. The zero-order chi connectivity index (χ0) is 16.9. The van der Waals surface area contributed by atoms with E-state index in [1.165, 1.54) is 30.3 Å². The fourth-order valence-electron chi connectivity index (χ4n) is 2.32. The third-order valence-electron chi connectivity index (χ3n) is 3.49. The maximum absolute atomic E-state index is 13.9. The van der Waals surface area contributed by atoms with Gasteiger partial charge >= 0.3 is 0 Å². The molecule has 0 aromatic heterocycles. The van der Waals surface area contributed by atoms with E-state index in [1.807, 2.05) is 6.07 Å². The lowest BCUT2D eigenvalue weighted by atomic mass is 10.0. The Balaban J connectivity index is 1.93. The average molecular weight is 321 g/mol. The van der Waals surface area contributed by atoms with Crippen molar-refractivity contribution in [1.29, 1.82) is 0 Å². The number of anilines is 2. The molecule has 0 bridgehead atoms. The number of ketones is 1. The summed E-state index contributed by atoms with van der Waals surface area (Å²) in [5.41, 5.74) is 3.41. The number of carbonyl (C=O) groups excluding carboxylic acids is 1. The van der Waals surface area contributed by atoms with E-state index in [1.54, 1.807) is 42.5 Å². The first-order valence-electron chi connectivity index (χ1n) is 7.34. The molecule has 0 aliphatic rings. The maximum Gasteiger partial charge on any atom is 0.198 e. The molecular weight excluding hydrogens is 307 g/mol. The Morgan fingerprint density at radius 2 is 1.42 bits per heavy atom. The van der Waals surface area contributed by atoms with Crippen LogP contribution in [0.3, 0.4) is 0 Å². The summed E-state index contributed by atoms with van der Waals surface area (Å²) in [6, 6.07) is 20.8. The molecule has 120 valence electrons. The second-order valence-electron chi connectivity index (χ2n) is 5.10. The van der Waals surface area contributed by atoms with Crippen LogP contribution in [0.15, 0.2) is 78.9 Å². The van der Waals surface area contributed by atoms with Crippen molar-refractivity contribution in [3.8, 4) is 0 Å². The minimum atomic E-state index is -0.620. The van der Waals surface area contributed by atoms with Gasteiger partial charge in [0.05, 0.1) is 16.9 Å². The molecule has 0 radical (unpaired) electrons. The number of nitrogens with one attached hydrogen (secondary N) is 1. The van der Waals surface area contributed by atoms with Crippen LogP contribution >= 0.6 is 0 Å². The molecule has 3 rings (SSSR count). The Labute approximate surface area is 138 Å². The number of hydrazine groups is 1. The molecule has 0 fully saturated rings. The highest BCUT2D eigenvalue weighted by Crippen LogP contribution is 2.24. The molecule has 24 heavy (non-hydrogen) atoms. The first-order chi connectivity index (χ1) is 11.7. The van der Waals surface area contributed by atoms with Crippen molar-refractivity contribution in [3.05, 3.63) is 101 Å². The number of carbonyl (C=O) groups is 1. The Bertz CT molecular complexity index is 853. The normalized spacial score (nSPS) is 10.2. The topological polar surface area (TPSA) is 55.4 Å². The van der Waals surface area contributed by atoms with Crippen molar-refractivity contribution in [1.82, 2.24) is 0 Å². The quantitative estimate of drug-likeness (QED) is 0.559. The van der Waals surface area contributed by atoms with Gasteiger partial charge in [0.25, 0.3) is 0 Å². The Morgan fingerprint density at radius 3 is 2.12 bits per heavy atom. The second kappa shape index (κ2) is 6.93. The molecule has 0 saturated heterocycles. The third-order valence-corrected chi connectivity index (χ3v) is 3.49. The highest BCUT2D eigenvalue weighted by Gasteiger charge is 2.17. The summed E-state index contributed by atoms with van der Waals surface area (Å²) in [5.74, 6) is -1.16. The molecule has 0 saturated carbocycles. The molecule has 0 amide bonds. The minimum Gasteiger partial charge on any atom is -0.739 e. The van der Waals surface area contributed by atoms with E-state index in [4.69, 9.17) is 0 Å². The summed E-state index contributed by atoms with van der Waals surface area (Å²) in [5, 5.41) is 12.9. The molecule has 0 aliphatic carbocycles. The Kier molecular flexibility index (Phi) is 4.54. The van der Waals surface area contributed by atoms with E-state index < -0.39 is 11.6 Å². The van der Waals surface area contributed by atoms with Gasteiger partial charge in [0.2, 0.25) is 0 Å². The van der Waals surface area contributed by atoms with E-state index in [-0.39, 0.29) is 16.8 Å². The van der Waals surface area contributed by atoms with Crippen molar-refractivity contribution in [2.24, 2.45) is 0 Å². The number of halogens is 1. The van der Waals surface area contributed by atoms with Gasteiger partial charge in [0, 0.05) is 5.56 Å². The van der Waals surface area contributed by atoms with E-state index >= 15 is 0 Å². The van der Waals surface area contributed by atoms with Gasteiger partial charge in [0.1, 0.15) is 5.82 Å². The smallest absolute Gasteiger partial charge is 0.198 e. The SMILES string of the molecule is O=C(c1ccccc1F)c1ccccc1N([O-])Nc1ccccc1. The van der Waals surface area contributed by atoms with Gasteiger partial charge < -0.3 is 15.8 Å². The largest absolute Gasteiger partial charge is 0.739 e. The monoisotopic (exact) mass is 321 g/mol. The molecule has 3 aromatic carbocycles. The standard InChI is InChI=1S/C19H14FN2O2/c20-17-12-6-4-10-15(17)19(23)16-11-5-7-13-18(16)22(24)21-14-8-2-1-3-9-14/h1-13,21H/q-1. The van der Waals surface area contributed by atoms with Crippen LogP contribution < -0.4 is 10.6 Å². The van der Waals surface area contributed by atoms with Crippen LogP contribution in [0.25, 0.3) is 0 Å². The van der Waals surface area contributed by atoms with Crippen LogP contribution in [0.5, 0.6) is 0 Å². The molecule has 4 nitrogen and oxygen atoms in total. The second-order valence-corrected chi connectivity index (χ2v) is 5.10. The Hall–Kier alpha value is -3.18. The molecule has 0 heterocycles. The van der Waals surface area contributed by atoms with Gasteiger partial charge in [-0.3, -0.25) is 4.79 Å². The van der Waals surface area contributed by atoms with Gasteiger partial charge in [0.15, 0.2) is 5.78 Å². The van der Waals surface area contributed by atoms with Gasteiger partial charge in [-0.05, 0) is 36.4 Å². The van der Waals surface area contributed by atoms with Crippen LogP contribution in [0.4, 0.5) is 15.8 Å². The van der Waals surface area contributed by atoms with Crippen LogP contribution in [0.2, 0.25) is 0 Å². The lowest BCUT2D eigenvalue weighted by Gasteiger charge is -2.33. The molecule has 5 heteroatoms. The summed E-state index contributed by atoms with van der Waals surface area (Å²) >= 11 is 0. The average Bonchev–Trinajstić information content (AvgIpc) is 2.62. The summed E-state index contributed by atoms with van der Waals surface area (Å²) in [6.07, 6.45) is 0. The fraction of sp³-hybridized carbons (Fsp3) is 0. The van der Waals surface area contributed by atoms with Crippen LogP contribution in [0, 0.1) is 11.0 Å². The van der Waals surface area contributed by atoms with Crippen molar-refractivity contribution < 1.29 is 9.18 Å². The maximum atomic E-state index is 13.9. The van der Waals surface area contributed by atoms with Gasteiger partial charge in [-0.1, -0.05) is 42.5 Å². The van der Waals surface area contributed by atoms with Crippen molar-refractivity contribution in [3.63, 3.8) is 0 Å². The highest BCUT2D eigenvalue weighted by molar-refractivity contribution is 6.12. The number of benzene rings is 3. The zero-order valence-electron chi connectivity index (χ0n) is 12.6. The lowest BCUT2D eigenvalue weighted by Crippen LogP contribution is -2.24. The molecule has 0 unspecified atom stereocenters. The molecule has 0 atom stereocenters. The van der Waals surface area contributed by atoms with Crippen molar-refractivity contribution in [2.45, 2.75) is 0 Å². The summed E-state index contributed by atoms with van der Waals surface area (Å²) in [4.78, 5) is 12.6.